The van der Waals surface area contributed by atoms with Crippen LogP contribution in [0.25, 0.3) is 0 Å². The molecular formula is C14H19FN2O3. The lowest BCUT2D eigenvalue weighted by Gasteiger charge is -2.23. The molecule has 0 bridgehead atoms. The highest BCUT2D eigenvalue weighted by Crippen LogP contribution is 2.07. The van der Waals surface area contributed by atoms with E-state index in [1.807, 2.05) is 0 Å². The van der Waals surface area contributed by atoms with Gasteiger partial charge in [-0.1, -0.05) is 26.0 Å². The summed E-state index contributed by atoms with van der Waals surface area (Å²) >= 11 is 0. The first kappa shape index (κ1) is 15.9. The number of aliphatic carboxylic acids is 1. The monoisotopic (exact) mass is 282 g/mol. The highest BCUT2D eigenvalue weighted by atomic mass is 19.1. The zero-order valence-corrected chi connectivity index (χ0v) is 11.8. The van der Waals surface area contributed by atoms with Gasteiger partial charge >= 0.3 is 12.0 Å². The average molecular weight is 282 g/mol. The molecule has 0 aliphatic heterocycles. The molecule has 1 unspecified atom stereocenters. The molecule has 0 aliphatic carbocycles. The van der Waals surface area contributed by atoms with Crippen molar-refractivity contribution in [3.05, 3.63) is 35.6 Å². The van der Waals surface area contributed by atoms with Crippen molar-refractivity contribution in [3.8, 4) is 0 Å². The van der Waals surface area contributed by atoms with Gasteiger partial charge in [-0.2, -0.15) is 0 Å². The summed E-state index contributed by atoms with van der Waals surface area (Å²) in [6, 6.07) is 4.38. The van der Waals surface area contributed by atoms with E-state index in [2.05, 4.69) is 5.32 Å². The van der Waals surface area contributed by atoms with Crippen LogP contribution in [-0.4, -0.2) is 35.1 Å². The number of nitrogens with one attached hydrogen (secondary N) is 1. The number of carbonyl (C=O) groups is 2. The quantitative estimate of drug-likeness (QED) is 0.868. The molecule has 0 aliphatic rings. The van der Waals surface area contributed by atoms with Gasteiger partial charge in [-0.05, 0) is 23.6 Å². The van der Waals surface area contributed by atoms with Gasteiger partial charge in [0.15, 0.2) is 0 Å². The van der Waals surface area contributed by atoms with Gasteiger partial charge in [0.05, 0.1) is 0 Å². The number of rotatable bonds is 5. The highest BCUT2D eigenvalue weighted by molar-refractivity contribution is 5.82. The number of hydrogen-bond acceptors (Lipinski definition) is 2. The predicted molar refractivity (Wildman–Crippen MR) is 72.7 cm³/mol. The SMILES string of the molecule is CC(C)C(NC(=O)N(C)Cc1ccc(F)cc1)C(=O)O. The minimum absolute atomic E-state index is 0.212. The van der Waals surface area contributed by atoms with E-state index in [1.54, 1.807) is 33.0 Å². The Hall–Kier alpha value is -2.11. The summed E-state index contributed by atoms with van der Waals surface area (Å²) in [5.41, 5.74) is 0.764. The van der Waals surface area contributed by atoms with E-state index in [1.165, 1.54) is 17.0 Å². The summed E-state index contributed by atoms with van der Waals surface area (Å²) in [4.78, 5) is 24.3. The molecule has 110 valence electrons. The van der Waals surface area contributed by atoms with Crippen LogP contribution in [0.1, 0.15) is 19.4 Å². The van der Waals surface area contributed by atoms with Crippen LogP contribution in [-0.2, 0) is 11.3 Å². The molecule has 2 amide bonds. The first-order valence-electron chi connectivity index (χ1n) is 6.30. The lowest BCUT2D eigenvalue weighted by Crippen LogP contribution is -2.48. The number of benzene rings is 1. The molecule has 1 rings (SSSR count). The van der Waals surface area contributed by atoms with E-state index in [-0.39, 0.29) is 18.3 Å². The van der Waals surface area contributed by atoms with Crippen molar-refractivity contribution < 1.29 is 19.1 Å². The number of halogens is 1. The molecule has 1 aromatic rings. The summed E-state index contributed by atoms with van der Waals surface area (Å²) in [6.07, 6.45) is 0. The van der Waals surface area contributed by atoms with E-state index in [9.17, 15) is 14.0 Å². The Balaban J connectivity index is 2.62. The fourth-order valence-corrected chi connectivity index (χ4v) is 1.69. The fourth-order valence-electron chi connectivity index (χ4n) is 1.69. The Labute approximate surface area is 117 Å². The van der Waals surface area contributed by atoms with Gasteiger partial charge in [0.2, 0.25) is 0 Å². The molecule has 1 atom stereocenters. The largest absolute Gasteiger partial charge is 0.480 e. The summed E-state index contributed by atoms with van der Waals surface area (Å²) in [5.74, 6) is -1.62. The molecule has 2 N–H and O–H groups in total. The maximum atomic E-state index is 12.8. The molecule has 5 nitrogen and oxygen atoms in total. The van der Waals surface area contributed by atoms with Gasteiger partial charge in [0.1, 0.15) is 11.9 Å². The van der Waals surface area contributed by atoms with Gasteiger partial charge in [0, 0.05) is 13.6 Å². The lowest BCUT2D eigenvalue weighted by atomic mass is 10.1. The number of carboxylic acids is 1. The molecule has 0 saturated carbocycles. The van der Waals surface area contributed by atoms with E-state index < -0.39 is 18.0 Å². The molecule has 0 aromatic heterocycles. The minimum atomic E-state index is -1.07. The Morgan fingerprint density at radius 3 is 2.30 bits per heavy atom. The fraction of sp³-hybridized carbons (Fsp3) is 0.429. The summed E-state index contributed by atoms with van der Waals surface area (Å²) < 4.78 is 12.8. The molecule has 1 aromatic carbocycles. The van der Waals surface area contributed by atoms with Gasteiger partial charge in [-0.15, -0.1) is 0 Å². The van der Waals surface area contributed by atoms with Crippen molar-refractivity contribution in [2.45, 2.75) is 26.4 Å². The van der Waals surface area contributed by atoms with Crippen LogP contribution in [0, 0.1) is 11.7 Å². The molecule has 0 radical (unpaired) electrons. The maximum absolute atomic E-state index is 12.8. The van der Waals surface area contributed by atoms with E-state index in [0.29, 0.717) is 0 Å². The Bertz CT molecular complexity index is 474. The van der Waals surface area contributed by atoms with Crippen molar-refractivity contribution in [2.24, 2.45) is 5.92 Å². The zero-order valence-electron chi connectivity index (χ0n) is 11.8. The topological polar surface area (TPSA) is 69.6 Å². The second-order valence-electron chi connectivity index (χ2n) is 4.99. The van der Waals surface area contributed by atoms with Crippen LogP contribution >= 0.6 is 0 Å². The molecule has 0 heterocycles. The van der Waals surface area contributed by atoms with Crippen LogP contribution in [0.15, 0.2) is 24.3 Å². The highest BCUT2D eigenvalue weighted by Gasteiger charge is 2.24. The second-order valence-corrected chi connectivity index (χ2v) is 4.99. The first-order chi connectivity index (χ1) is 9.31. The van der Waals surface area contributed by atoms with Crippen molar-refractivity contribution >= 4 is 12.0 Å². The average Bonchev–Trinajstić information content (AvgIpc) is 2.37. The summed E-state index contributed by atoms with van der Waals surface area (Å²) in [6.45, 7) is 3.72. The molecule has 0 spiro atoms. The lowest BCUT2D eigenvalue weighted by molar-refractivity contribution is -0.140. The number of urea groups is 1. The van der Waals surface area contributed by atoms with Gasteiger partial charge in [-0.25, -0.2) is 14.0 Å². The van der Waals surface area contributed by atoms with Crippen molar-refractivity contribution in [1.82, 2.24) is 10.2 Å². The standard InChI is InChI=1S/C14H19FN2O3/c1-9(2)12(13(18)19)16-14(20)17(3)8-10-4-6-11(15)7-5-10/h4-7,9,12H,8H2,1-3H3,(H,16,20)(H,18,19). The number of nitrogens with zero attached hydrogens (tertiary/aromatic N) is 1. The van der Waals surface area contributed by atoms with Crippen LogP contribution in [0.5, 0.6) is 0 Å². The van der Waals surface area contributed by atoms with Crippen LogP contribution in [0.2, 0.25) is 0 Å². The van der Waals surface area contributed by atoms with Crippen molar-refractivity contribution in [2.75, 3.05) is 7.05 Å². The second kappa shape index (κ2) is 6.88. The molecule has 6 heteroatoms. The van der Waals surface area contributed by atoms with Crippen LogP contribution < -0.4 is 5.32 Å². The Kier molecular flexibility index (Phi) is 5.49. The Morgan fingerprint density at radius 2 is 1.85 bits per heavy atom. The van der Waals surface area contributed by atoms with Gasteiger partial charge < -0.3 is 15.3 Å². The minimum Gasteiger partial charge on any atom is -0.480 e. The first-order valence-corrected chi connectivity index (χ1v) is 6.30. The van der Waals surface area contributed by atoms with Crippen molar-refractivity contribution in [1.29, 1.82) is 0 Å². The molecular weight excluding hydrogens is 263 g/mol. The molecule has 0 saturated heterocycles. The van der Waals surface area contributed by atoms with E-state index >= 15 is 0 Å². The van der Waals surface area contributed by atoms with E-state index in [4.69, 9.17) is 5.11 Å². The number of carbonyl (C=O) groups excluding carboxylic acids is 1. The normalized spacial score (nSPS) is 12.1. The Morgan fingerprint density at radius 1 is 1.30 bits per heavy atom. The number of carboxylic acid groups (broad SMARTS) is 1. The van der Waals surface area contributed by atoms with Crippen LogP contribution in [0.4, 0.5) is 9.18 Å². The van der Waals surface area contributed by atoms with Gasteiger partial charge in [0.25, 0.3) is 0 Å². The predicted octanol–water partition coefficient (Wildman–Crippen LogP) is 2.08. The smallest absolute Gasteiger partial charge is 0.326 e. The summed E-state index contributed by atoms with van der Waals surface area (Å²) in [7, 11) is 1.55. The molecule has 0 fully saturated rings. The third kappa shape index (κ3) is 4.53. The third-order valence-electron chi connectivity index (χ3n) is 2.89. The maximum Gasteiger partial charge on any atom is 0.326 e. The van der Waals surface area contributed by atoms with Crippen LogP contribution in [0.3, 0.4) is 0 Å². The zero-order chi connectivity index (χ0) is 15.3. The molecule has 20 heavy (non-hydrogen) atoms. The third-order valence-corrected chi connectivity index (χ3v) is 2.89. The van der Waals surface area contributed by atoms with Gasteiger partial charge in [-0.3, -0.25) is 0 Å². The van der Waals surface area contributed by atoms with E-state index in [0.717, 1.165) is 5.56 Å². The number of hydrogen-bond donors (Lipinski definition) is 2. The summed E-state index contributed by atoms with van der Waals surface area (Å²) in [5, 5.41) is 11.5. The number of amides is 2. The van der Waals surface area contributed by atoms with Crippen molar-refractivity contribution in [3.63, 3.8) is 0 Å².